The van der Waals surface area contributed by atoms with Gasteiger partial charge in [-0.15, -0.1) is 0 Å². The molecule has 0 bridgehead atoms. The summed E-state index contributed by atoms with van der Waals surface area (Å²) in [5.41, 5.74) is -0.313. The third-order valence-electron chi connectivity index (χ3n) is 2.37. The molecule has 0 radical (unpaired) electrons. The first-order valence-electron chi connectivity index (χ1n) is 5.64. The van der Waals surface area contributed by atoms with E-state index in [1.807, 2.05) is 0 Å². The van der Waals surface area contributed by atoms with Crippen LogP contribution < -0.4 is 0 Å². The summed E-state index contributed by atoms with van der Waals surface area (Å²) in [4.78, 5) is 11.4. The van der Waals surface area contributed by atoms with Gasteiger partial charge in [0.25, 0.3) is 0 Å². The lowest BCUT2D eigenvalue weighted by Crippen LogP contribution is -2.11. The number of carbonyl (C=O) groups is 1. The van der Waals surface area contributed by atoms with E-state index in [0.717, 1.165) is 0 Å². The Morgan fingerprint density at radius 3 is 2.19 bits per heavy atom. The Morgan fingerprint density at radius 1 is 1.19 bits per heavy atom. The molecule has 0 aromatic carbocycles. The molecule has 1 fully saturated rings. The average molecular weight is 250 g/mol. The molecular formula is C10H19O5P. The van der Waals surface area contributed by atoms with Crippen LogP contribution in [0, 0.1) is 5.92 Å². The molecule has 5 nitrogen and oxygen atoms in total. The topological polar surface area (TPSA) is 61.8 Å². The van der Waals surface area contributed by atoms with Crippen molar-refractivity contribution >= 4 is 13.6 Å². The summed E-state index contributed by atoms with van der Waals surface area (Å²) in [6.45, 7) is 6.25. The highest BCUT2D eigenvalue weighted by Crippen LogP contribution is 2.65. The Kier molecular flexibility index (Phi) is 4.96. The molecule has 0 unspecified atom stereocenters. The molecule has 0 amide bonds. The first-order chi connectivity index (χ1) is 7.59. The van der Waals surface area contributed by atoms with Gasteiger partial charge in [0.05, 0.1) is 31.4 Å². The van der Waals surface area contributed by atoms with Gasteiger partial charge in [0.15, 0.2) is 0 Å². The fourth-order valence-corrected chi connectivity index (χ4v) is 3.85. The van der Waals surface area contributed by atoms with Gasteiger partial charge in [-0.25, -0.2) is 0 Å². The van der Waals surface area contributed by atoms with E-state index in [-0.39, 0.29) is 17.5 Å². The maximum absolute atomic E-state index is 12.2. The molecule has 94 valence electrons. The summed E-state index contributed by atoms with van der Waals surface area (Å²) < 4.78 is 27.5. The van der Waals surface area contributed by atoms with Crippen LogP contribution >= 0.6 is 7.60 Å². The summed E-state index contributed by atoms with van der Waals surface area (Å²) in [5, 5.41) is 0. The van der Waals surface area contributed by atoms with Gasteiger partial charge < -0.3 is 13.8 Å². The maximum atomic E-state index is 12.2. The van der Waals surface area contributed by atoms with Crippen LogP contribution in [0.15, 0.2) is 0 Å². The van der Waals surface area contributed by atoms with Gasteiger partial charge in [-0.3, -0.25) is 9.36 Å². The van der Waals surface area contributed by atoms with Crippen molar-refractivity contribution < 1.29 is 23.1 Å². The predicted octanol–water partition coefficient (Wildman–Crippen LogP) is 2.20. The molecule has 0 saturated heterocycles. The highest BCUT2D eigenvalue weighted by atomic mass is 31.2. The molecule has 6 heteroatoms. The highest BCUT2D eigenvalue weighted by molar-refractivity contribution is 7.55. The first-order valence-corrected chi connectivity index (χ1v) is 7.25. The molecule has 0 aromatic heterocycles. The molecule has 1 aliphatic carbocycles. The lowest BCUT2D eigenvalue weighted by molar-refractivity contribution is -0.144. The van der Waals surface area contributed by atoms with Crippen LogP contribution in [0.1, 0.15) is 27.2 Å². The van der Waals surface area contributed by atoms with Gasteiger partial charge >= 0.3 is 13.6 Å². The van der Waals surface area contributed by atoms with E-state index in [1.165, 1.54) is 0 Å². The van der Waals surface area contributed by atoms with Gasteiger partial charge in [-0.1, -0.05) is 0 Å². The third-order valence-corrected chi connectivity index (χ3v) is 4.99. The number of hydrogen-bond donors (Lipinski definition) is 0. The van der Waals surface area contributed by atoms with Gasteiger partial charge in [0.1, 0.15) is 0 Å². The van der Waals surface area contributed by atoms with Gasteiger partial charge in [0, 0.05) is 0 Å². The van der Waals surface area contributed by atoms with Crippen molar-refractivity contribution in [1.29, 1.82) is 0 Å². The molecular weight excluding hydrogens is 231 g/mol. The van der Waals surface area contributed by atoms with Crippen molar-refractivity contribution in [3.05, 3.63) is 0 Å². The van der Waals surface area contributed by atoms with E-state index in [9.17, 15) is 9.36 Å². The second-order valence-electron chi connectivity index (χ2n) is 3.54. The molecule has 0 heterocycles. The van der Waals surface area contributed by atoms with Crippen LogP contribution in [-0.2, 0) is 23.1 Å². The van der Waals surface area contributed by atoms with Gasteiger partial charge in [-0.2, -0.15) is 0 Å². The zero-order chi connectivity index (χ0) is 12.2. The van der Waals surface area contributed by atoms with Crippen molar-refractivity contribution in [3.8, 4) is 0 Å². The number of rotatable bonds is 7. The summed E-state index contributed by atoms with van der Waals surface area (Å²) in [6, 6.07) is 0. The largest absolute Gasteiger partial charge is 0.466 e. The van der Waals surface area contributed by atoms with Crippen molar-refractivity contribution in [2.75, 3.05) is 19.8 Å². The second-order valence-corrected chi connectivity index (χ2v) is 5.80. The predicted molar refractivity (Wildman–Crippen MR) is 59.4 cm³/mol. The molecule has 1 rings (SSSR count). The monoisotopic (exact) mass is 250 g/mol. The van der Waals surface area contributed by atoms with Crippen LogP contribution in [0.3, 0.4) is 0 Å². The zero-order valence-electron chi connectivity index (χ0n) is 9.97. The number of hydrogen-bond acceptors (Lipinski definition) is 5. The average Bonchev–Trinajstić information content (AvgIpc) is 2.98. The molecule has 16 heavy (non-hydrogen) atoms. The summed E-state index contributed by atoms with van der Waals surface area (Å²) in [7, 11) is -3.11. The minimum atomic E-state index is -3.11. The summed E-state index contributed by atoms with van der Waals surface area (Å²) in [6.07, 6.45) is 0.538. The zero-order valence-corrected chi connectivity index (χ0v) is 10.9. The fraction of sp³-hybridized carbons (Fsp3) is 0.900. The normalized spacial score (nSPS) is 24.2. The molecule has 0 aliphatic heterocycles. The van der Waals surface area contributed by atoms with Crippen LogP contribution in [0.2, 0.25) is 0 Å². The van der Waals surface area contributed by atoms with Crippen LogP contribution in [0.25, 0.3) is 0 Å². The Bertz CT molecular complexity index is 281. The Labute approximate surface area is 96.0 Å². The highest BCUT2D eigenvalue weighted by Gasteiger charge is 2.57. The lowest BCUT2D eigenvalue weighted by Gasteiger charge is -2.16. The maximum Gasteiger partial charge on any atom is 0.334 e. The van der Waals surface area contributed by atoms with E-state index in [4.69, 9.17) is 13.8 Å². The lowest BCUT2D eigenvalue weighted by atomic mass is 10.4. The van der Waals surface area contributed by atoms with Crippen LogP contribution in [-0.4, -0.2) is 31.4 Å². The SMILES string of the molecule is CCOC(=O)[C@H]1C[C@H]1P(=O)(OCC)OCC. The molecule has 0 spiro atoms. The third kappa shape index (κ3) is 3.06. The van der Waals surface area contributed by atoms with E-state index in [1.54, 1.807) is 20.8 Å². The van der Waals surface area contributed by atoms with Gasteiger partial charge in [0.2, 0.25) is 0 Å². The van der Waals surface area contributed by atoms with E-state index < -0.39 is 7.60 Å². The molecule has 1 aliphatic rings. The number of esters is 1. The van der Waals surface area contributed by atoms with Crippen molar-refractivity contribution in [2.45, 2.75) is 32.9 Å². The molecule has 1 saturated carbocycles. The van der Waals surface area contributed by atoms with Crippen molar-refractivity contribution in [1.82, 2.24) is 0 Å². The molecule has 2 atom stereocenters. The van der Waals surface area contributed by atoms with E-state index >= 15 is 0 Å². The fourth-order valence-electron chi connectivity index (χ4n) is 1.62. The quantitative estimate of drug-likeness (QED) is 0.512. The minimum absolute atomic E-state index is 0.299. The number of carbonyl (C=O) groups excluding carboxylic acids is 1. The van der Waals surface area contributed by atoms with Crippen LogP contribution in [0.5, 0.6) is 0 Å². The van der Waals surface area contributed by atoms with Gasteiger partial charge in [-0.05, 0) is 27.2 Å². The standard InChI is InChI=1S/C10H19O5P/c1-4-13-10(11)8-7-9(8)16(12,14-5-2)15-6-3/h8-9H,4-7H2,1-3H3/t8-,9+/m0/s1. The van der Waals surface area contributed by atoms with E-state index in [0.29, 0.717) is 26.2 Å². The minimum Gasteiger partial charge on any atom is -0.466 e. The molecule has 0 aromatic rings. The Hall–Kier alpha value is -0.380. The summed E-state index contributed by atoms with van der Waals surface area (Å²) >= 11 is 0. The summed E-state index contributed by atoms with van der Waals surface area (Å²) in [5.74, 6) is -0.615. The first kappa shape index (κ1) is 13.7. The van der Waals surface area contributed by atoms with E-state index in [2.05, 4.69) is 0 Å². The second kappa shape index (κ2) is 5.80. The Balaban J connectivity index is 2.57. The van der Waals surface area contributed by atoms with Crippen LogP contribution in [0.4, 0.5) is 0 Å². The number of ether oxygens (including phenoxy) is 1. The smallest absolute Gasteiger partial charge is 0.334 e. The molecule has 0 N–H and O–H groups in total. The van der Waals surface area contributed by atoms with Crippen molar-refractivity contribution in [2.24, 2.45) is 5.92 Å². The Morgan fingerprint density at radius 2 is 1.75 bits per heavy atom. The van der Waals surface area contributed by atoms with Crippen molar-refractivity contribution in [3.63, 3.8) is 0 Å².